The van der Waals surface area contributed by atoms with Crippen LogP contribution < -0.4 is 0 Å². The number of hydrogen-bond acceptors (Lipinski definition) is 3. The monoisotopic (exact) mass is 284 g/mol. The largest absolute Gasteiger partial charge is 0.390 e. The van der Waals surface area contributed by atoms with Gasteiger partial charge in [0.05, 0.1) is 18.0 Å². The number of aliphatic hydroxyl groups excluding tert-OH is 1. The van der Waals surface area contributed by atoms with Crippen molar-refractivity contribution < 1.29 is 5.11 Å². The second-order valence-electron chi connectivity index (χ2n) is 5.44. The molecule has 0 amide bonds. The van der Waals surface area contributed by atoms with Crippen LogP contribution >= 0.6 is 0 Å². The van der Waals surface area contributed by atoms with Crippen LogP contribution in [0, 0.1) is 5.92 Å². The second-order valence-corrected chi connectivity index (χ2v) is 5.44. The van der Waals surface area contributed by atoms with Gasteiger partial charge < -0.3 is 5.11 Å². The third-order valence-corrected chi connectivity index (χ3v) is 4.11. The molecule has 2 rings (SSSR count). The third-order valence-electron chi connectivity index (χ3n) is 4.11. The summed E-state index contributed by atoms with van der Waals surface area (Å²) in [5.41, 5.74) is 5.26. The smallest absolute Gasteiger partial charge is 0.0849 e. The average Bonchev–Trinajstić information content (AvgIpc) is 2.81. The first-order valence-electron chi connectivity index (χ1n) is 7.56. The quantitative estimate of drug-likeness (QED) is 0.790. The summed E-state index contributed by atoms with van der Waals surface area (Å²) in [6.07, 6.45) is 13.6. The summed E-state index contributed by atoms with van der Waals surface area (Å²) in [6.45, 7) is 4.14. The minimum absolute atomic E-state index is 0.0176. The lowest BCUT2D eigenvalue weighted by molar-refractivity contribution is 0.329. The van der Waals surface area contributed by atoms with Crippen LogP contribution in [0.1, 0.15) is 33.1 Å². The number of aliphatic hydroxyl groups is 1. The molecule has 0 aromatic rings. The van der Waals surface area contributed by atoms with Crippen molar-refractivity contribution in [3.8, 4) is 0 Å². The molecule has 0 aromatic heterocycles. The molecule has 1 heterocycles. The van der Waals surface area contributed by atoms with E-state index in [1.807, 2.05) is 20.0 Å². The summed E-state index contributed by atoms with van der Waals surface area (Å²) in [4.78, 5) is 9.04. The molecule has 0 saturated heterocycles. The SMILES string of the molecule is C/C=C(\C)C(=NC)C1=CCC2CCC=C(CO)N=C2C=C1. The van der Waals surface area contributed by atoms with Gasteiger partial charge in [0.1, 0.15) is 0 Å². The summed E-state index contributed by atoms with van der Waals surface area (Å²) < 4.78 is 0. The predicted octanol–water partition coefficient (Wildman–Crippen LogP) is 3.64. The molecule has 1 aliphatic heterocycles. The van der Waals surface area contributed by atoms with Crippen molar-refractivity contribution in [1.82, 2.24) is 0 Å². The minimum atomic E-state index is 0.0176. The van der Waals surface area contributed by atoms with Crippen LogP contribution in [-0.4, -0.2) is 30.2 Å². The van der Waals surface area contributed by atoms with Crippen LogP contribution in [0.15, 0.2) is 57.2 Å². The molecule has 0 fully saturated rings. The highest BCUT2D eigenvalue weighted by Crippen LogP contribution is 2.25. The zero-order valence-electron chi connectivity index (χ0n) is 13.1. The Balaban J connectivity index is 2.32. The van der Waals surface area contributed by atoms with Gasteiger partial charge in [-0.25, -0.2) is 0 Å². The number of aliphatic imine (C=N–C) groups is 2. The van der Waals surface area contributed by atoms with E-state index in [-0.39, 0.29) is 6.61 Å². The van der Waals surface area contributed by atoms with E-state index in [0.29, 0.717) is 5.92 Å². The molecule has 1 unspecified atom stereocenters. The summed E-state index contributed by atoms with van der Waals surface area (Å²) in [6, 6.07) is 0. The van der Waals surface area contributed by atoms with E-state index in [1.165, 1.54) is 11.1 Å². The fourth-order valence-electron chi connectivity index (χ4n) is 2.77. The van der Waals surface area contributed by atoms with E-state index in [1.54, 1.807) is 0 Å². The first-order valence-corrected chi connectivity index (χ1v) is 7.56. The summed E-state index contributed by atoms with van der Waals surface area (Å²) in [5.74, 6) is 0.433. The molecular weight excluding hydrogens is 260 g/mol. The molecule has 1 atom stereocenters. The highest BCUT2D eigenvalue weighted by molar-refractivity contribution is 6.15. The lowest BCUT2D eigenvalue weighted by Crippen LogP contribution is -2.10. The van der Waals surface area contributed by atoms with Crippen molar-refractivity contribution in [1.29, 1.82) is 0 Å². The van der Waals surface area contributed by atoms with E-state index >= 15 is 0 Å². The molecule has 0 spiro atoms. The Kier molecular flexibility index (Phi) is 5.45. The standard InChI is InChI=1S/C18H24N2O/c1-4-13(2)18(19-3)15-9-8-14-6-5-7-16(12-21)20-17(14)11-10-15/h4,7,9-11,14,21H,5-6,8,12H2,1-3H3/b13-4+,19-18?. The van der Waals surface area contributed by atoms with E-state index in [2.05, 4.69) is 41.2 Å². The number of allylic oxidation sites excluding steroid dienone is 7. The number of nitrogens with zero attached hydrogens (tertiary/aromatic N) is 2. The molecule has 0 saturated carbocycles. The van der Waals surface area contributed by atoms with Gasteiger partial charge in [0, 0.05) is 18.7 Å². The van der Waals surface area contributed by atoms with E-state index in [4.69, 9.17) is 0 Å². The Bertz CT molecular complexity index is 574. The number of hydrogen-bond donors (Lipinski definition) is 1. The van der Waals surface area contributed by atoms with Crippen molar-refractivity contribution in [3.05, 3.63) is 47.2 Å². The lowest BCUT2D eigenvalue weighted by atomic mass is 9.94. The van der Waals surface area contributed by atoms with E-state index in [9.17, 15) is 5.11 Å². The Morgan fingerprint density at radius 2 is 2.24 bits per heavy atom. The molecule has 112 valence electrons. The Morgan fingerprint density at radius 3 is 2.90 bits per heavy atom. The maximum atomic E-state index is 9.32. The van der Waals surface area contributed by atoms with Gasteiger partial charge in [0.2, 0.25) is 0 Å². The van der Waals surface area contributed by atoms with Gasteiger partial charge in [-0.15, -0.1) is 0 Å². The molecule has 21 heavy (non-hydrogen) atoms. The zero-order valence-corrected chi connectivity index (χ0v) is 13.1. The molecule has 3 nitrogen and oxygen atoms in total. The van der Waals surface area contributed by atoms with Crippen LogP contribution in [0.4, 0.5) is 0 Å². The van der Waals surface area contributed by atoms with Gasteiger partial charge >= 0.3 is 0 Å². The first kappa shape index (κ1) is 15.6. The predicted molar refractivity (Wildman–Crippen MR) is 90.0 cm³/mol. The highest BCUT2D eigenvalue weighted by Gasteiger charge is 2.19. The van der Waals surface area contributed by atoms with Crippen molar-refractivity contribution >= 4 is 11.4 Å². The van der Waals surface area contributed by atoms with Gasteiger partial charge in [-0.3, -0.25) is 9.98 Å². The second kappa shape index (κ2) is 7.32. The lowest BCUT2D eigenvalue weighted by Gasteiger charge is -2.11. The Morgan fingerprint density at radius 1 is 1.43 bits per heavy atom. The van der Waals surface area contributed by atoms with Crippen molar-refractivity contribution in [2.45, 2.75) is 33.1 Å². The zero-order chi connectivity index (χ0) is 15.2. The summed E-state index contributed by atoms with van der Waals surface area (Å²) in [7, 11) is 1.84. The molecule has 2 aliphatic rings. The van der Waals surface area contributed by atoms with E-state index < -0.39 is 0 Å². The van der Waals surface area contributed by atoms with Crippen LogP contribution in [0.2, 0.25) is 0 Å². The van der Waals surface area contributed by atoms with Crippen LogP contribution in [0.25, 0.3) is 0 Å². The molecular formula is C18H24N2O. The van der Waals surface area contributed by atoms with E-state index in [0.717, 1.165) is 36.4 Å². The molecule has 0 bridgehead atoms. The molecule has 0 radical (unpaired) electrons. The van der Waals surface area contributed by atoms with Crippen molar-refractivity contribution in [2.24, 2.45) is 15.9 Å². The van der Waals surface area contributed by atoms with Crippen molar-refractivity contribution in [2.75, 3.05) is 13.7 Å². The Labute approximate surface area is 127 Å². The molecule has 3 heteroatoms. The summed E-state index contributed by atoms with van der Waals surface area (Å²) in [5, 5.41) is 9.32. The fourth-order valence-corrected chi connectivity index (χ4v) is 2.77. The number of rotatable bonds is 3. The van der Waals surface area contributed by atoms with Crippen LogP contribution in [0.3, 0.4) is 0 Å². The first-order chi connectivity index (χ1) is 10.2. The van der Waals surface area contributed by atoms with Gasteiger partial charge in [-0.05, 0) is 50.3 Å². The maximum Gasteiger partial charge on any atom is 0.0849 e. The minimum Gasteiger partial charge on any atom is -0.390 e. The molecule has 1 N–H and O–H groups in total. The van der Waals surface area contributed by atoms with Gasteiger partial charge in [0.15, 0.2) is 0 Å². The fraction of sp³-hybridized carbons (Fsp3) is 0.444. The Hall–Kier alpha value is -1.74. The van der Waals surface area contributed by atoms with Gasteiger partial charge in [-0.2, -0.15) is 0 Å². The average molecular weight is 284 g/mol. The number of fused-ring (bicyclic) bond motifs is 1. The molecule has 1 aliphatic carbocycles. The van der Waals surface area contributed by atoms with Crippen molar-refractivity contribution in [3.63, 3.8) is 0 Å². The van der Waals surface area contributed by atoms with Crippen LogP contribution in [-0.2, 0) is 0 Å². The summed E-state index contributed by atoms with van der Waals surface area (Å²) >= 11 is 0. The van der Waals surface area contributed by atoms with Gasteiger partial charge in [-0.1, -0.05) is 24.3 Å². The third kappa shape index (κ3) is 3.67. The molecule has 0 aromatic carbocycles. The normalized spacial score (nSPS) is 23.6. The highest BCUT2D eigenvalue weighted by atomic mass is 16.3. The maximum absolute atomic E-state index is 9.32. The van der Waals surface area contributed by atoms with Gasteiger partial charge in [0.25, 0.3) is 0 Å². The topological polar surface area (TPSA) is 45.0 Å². The van der Waals surface area contributed by atoms with Crippen LogP contribution in [0.5, 0.6) is 0 Å².